The van der Waals surface area contributed by atoms with Crippen LogP contribution in [0.5, 0.6) is 0 Å². The maximum atomic E-state index is 12.2. The highest BCUT2D eigenvalue weighted by Gasteiger charge is 2.43. The van der Waals surface area contributed by atoms with Crippen molar-refractivity contribution in [3.8, 4) is 0 Å². The van der Waals surface area contributed by atoms with E-state index in [9.17, 15) is 13.2 Å². The van der Waals surface area contributed by atoms with Gasteiger partial charge >= 0.3 is 6.09 Å². The molecule has 118 valence electrons. The molecule has 0 unspecified atom stereocenters. The van der Waals surface area contributed by atoms with Gasteiger partial charge in [-0.25, -0.2) is 13.2 Å². The summed E-state index contributed by atoms with van der Waals surface area (Å²) >= 11 is 0. The number of hydrogen-bond acceptors (Lipinski definition) is 5. The lowest BCUT2D eigenvalue weighted by Crippen LogP contribution is -2.57. The zero-order valence-electron chi connectivity index (χ0n) is 12.3. The van der Waals surface area contributed by atoms with E-state index < -0.39 is 26.3 Å². The smallest absolute Gasteiger partial charge is 0.410 e. The molecule has 0 aromatic carbocycles. The van der Waals surface area contributed by atoms with E-state index in [0.29, 0.717) is 26.1 Å². The molecule has 0 aromatic rings. The van der Waals surface area contributed by atoms with Crippen molar-refractivity contribution in [2.24, 2.45) is 0 Å². The van der Waals surface area contributed by atoms with Crippen LogP contribution in [0.4, 0.5) is 4.79 Å². The fourth-order valence-corrected chi connectivity index (χ4v) is 3.91. The fraction of sp³-hybridized carbons (Fsp3) is 0.917. The van der Waals surface area contributed by atoms with Crippen LogP contribution in [-0.4, -0.2) is 56.6 Å². The van der Waals surface area contributed by atoms with Gasteiger partial charge in [-0.3, -0.25) is 0 Å². The highest BCUT2D eigenvalue weighted by molar-refractivity contribution is 8.13. The first-order chi connectivity index (χ1) is 8.95. The summed E-state index contributed by atoms with van der Waals surface area (Å²) in [6.07, 6.45) is 0.267. The summed E-state index contributed by atoms with van der Waals surface area (Å²) in [6, 6.07) is 0. The quantitative estimate of drug-likeness (QED) is 0.741. The highest BCUT2D eigenvalue weighted by atomic mass is 35.7. The third-order valence-corrected chi connectivity index (χ3v) is 4.45. The molecule has 6 nitrogen and oxygen atoms in total. The van der Waals surface area contributed by atoms with Crippen LogP contribution < -0.4 is 0 Å². The maximum absolute atomic E-state index is 12.2. The van der Waals surface area contributed by atoms with E-state index in [2.05, 4.69) is 0 Å². The van der Waals surface area contributed by atoms with Crippen molar-refractivity contribution in [3.05, 3.63) is 0 Å². The Kier molecular flexibility index (Phi) is 5.32. The van der Waals surface area contributed by atoms with Gasteiger partial charge in [-0.2, -0.15) is 0 Å². The lowest BCUT2D eigenvalue weighted by atomic mass is 9.91. The van der Waals surface area contributed by atoms with Crippen LogP contribution in [0.25, 0.3) is 0 Å². The van der Waals surface area contributed by atoms with Crippen LogP contribution in [0.2, 0.25) is 0 Å². The Bertz CT molecular complexity index is 451. The van der Waals surface area contributed by atoms with Gasteiger partial charge in [-0.15, -0.1) is 0 Å². The molecule has 0 N–H and O–H groups in total. The molecule has 0 aromatic heterocycles. The van der Waals surface area contributed by atoms with Gasteiger partial charge in [-0.1, -0.05) is 0 Å². The minimum atomic E-state index is -3.74. The maximum Gasteiger partial charge on any atom is 0.410 e. The van der Waals surface area contributed by atoms with Crippen molar-refractivity contribution < 1.29 is 22.7 Å². The zero-order valence-corrected chi connectivity index (χ0v) is 13.9. The predicted octanol–water partition coefficient (Wildman–Crippen LogP) is 1.97. The van der Waals surface area contributed by atoms with Crippen LogP contribution in [0.1, 0.15) is 33.6 Å². The highest BCUT2D eigenvalue weighted by Crippen LogP contribution is 2.31. The van der Waals surface area contributed by atoms with Gasteiger partial charge in [0.25, 0.3) is 0 Å². The molecular weight excluding hydrogens is 306 g/mol. The topological polar surface area (TPSA) is 72.9 Å². The standard InChI is InChI=1S/C12H22ClNO5S/c1-11(2,3)19-10(15)14(4)12(9-20(13,16)17)5-7-18-8-6-12/h5-9H2,1-4H3. The summed E-state index contributed by atoms with van der Waals surface area (Å²) in [5, 5.41) is 0. The lowest BCUT2D eigenvalue weighted by molar-refractivity contribution is -0.0276. The second kappa shape index (κ2) is 6.07. The second-order valence-electron chi connectivity index (χ2n) is 6.06. The van der Waals surface area contributed by atoms with E-state index in [1.807, 2.05) is 0 Å². The van der Waals surface area contributed by atoms with Gasteiger partial charge in [-0.05, 0) is 33.6 Å². The Labute approximate surface area is 124 Å². The first-order valence-corrected chi connectivity index (χ1v) is 8.90. The molecule has 0 atom stereocenters. The molecule has 0 aliphatic carbocycles. The number of carbonyl (C=O) groups excluding carboxylic acids is 1. The van der Waals surface area contributed by atoms with Crippen LogP contribution in [0.3, 0.4) is 0 Å². The first kappa shape index (κ1) is 17.5. The van der Waals surface area contributed by atoms with Gasteiger partial charge in [0.1, 0.15) is 5.60 Å². The van der Waals surface area contributed by atoms with Crippen LogP contribution in [0.15, 0.2) is 0 Å². The molecule has 1 rings (SSSR count). The number of hydrogen-bond donors (Lipinski definition) is 0. The summed E-state index contributed by atoms with van der Waals surface area (Å²) in [6.45, 7) is 6.05. The van der Waals surface area contributed by atoms with E-state index in [0.717, 1.165) is 0 Å². The van der Waals surface area contributed by atoms with Crippen molar-refractivity contribution >= 4 is 25.8 Å². The molecule has 20 heavy (non-hydrogen) atoms. The Morgan fingerprint density at radius 1 is 1.35 bits per heavy atom. The van der Waals surface area contributed by atoms with Crippen molar-refractivity contribution in [1.29, 1.82) is 0 Å². The number of nitrogens with zero attached hydrogens (tertiary/aromatic N) is 1. The molecule has 0 bridgehead atoms. The van der Waals surface area contributed by atoms with Crippen molar-refractivity contribution in [1.82, 2.24) is 4.90 Å². The summed E-state index contributed by atoms with van der Waals surface area (Å²) < 4.78 is 33.5. The third-order valence-electron chi connectivity index (χ3n) is 3.24. The van der Waals surface area contributed by atoms with Gasteiger partial charge in [0.05, 0.1) is 11.3 Å². The van der Waals surface area contributed by atoms with Crippen LogP contribution in [-0.2, 0) is 18.5 Å². The first-order valence-electron chi connectivity index (χ1n) is 6.42. The minimum Gasteiger partial charge on any atom is -0.444 e. The number of carbonyl (C=O) groups is 1. The van der Waals surface area contributed by atoms with Crippen molar-refractivity contribution in [2.45, 2.75) is 44.8 Å². The van der Waals surface area contributed by atoms with Gasteiger partial charge in [0.15, 0.2) is 0 Å². The molecule has 8 heteroatoms. The van der Waals surface area contributed by atoms with E-state index in [-0.39, 0.29) is 5.75 Å². The van der Waals surface area contributed by atoms with E-state index in [1.54, 1.807) is 27.8 Å². The van der Waals surface area contributed by atoms with Crippen LogP contribution >= 0.6 is 10.7 Å². The van der Waals surface area contributed by atoms with Gasteiger partial charge < -0.3 is 14.4 Å². The fourth-order valence-electron chi connectivity index (χ4n) is 2.17. The van der Waals surface area contributed by atoms with Gasteiger partial charge in [0.2, 0.25) is 9.05 Å². The number of rotatable bonds is 3. The molecule has 1 fully saturated rings. The Morgan fingerprint density at radius 3 is 2.25 bits per heavy atom. The molecule has 0 saturated carbocycles. The summed E-state index contributed by atoms with van der Waals surface area (Å²) in [7, 11) is 3.20. The molecule has 1 saturated heterocycles. The zero-order chi connectivity index (χ0) is 15.6. The van der Waals surface area contributed by atoms with Gasteiger partial charge in [0, 0.05) is 30.9 Å². The summed E-state index contributed by atoms with van der Waals surface area (Å²) in [5.74, 6) is -0.305. The van der Waals surface area contributed by atoms with E-state index in [4.69, 9.17) is 20.2 Å². The minimum absolute atomic E-state index is 0.305. The largest absolute Gasteiger partial charge is 0.444 e. The molecular formula is C12H22ClNO5S. The number of halogens is 1. The number of ether oxygens (including phenoxy) is 2. The second-order valence-corrected chi connectivity index (χ2v) is 8.84. The SMILES string of the molecule is CN(C(=O)OC(C)(C)C)C1(CS(=O)(=O)Cl)CCOCC1. The lowest BCUT2D eigenvalue weighted by Gasteiger charge is -2.43. The Morgan fingerprint density at radius 2 is 1.85 bits per heavy atom. The van der Waals surface area contributed by atoms with Crippen molar-refractivity contribution in [2.75, 3.05) is 26.0 Å². The van der Waals surface area contributed by atoms with Crippen LogP contribution in [0, 0.1) is 0 Å². The third kappa shape index (κ3) is 5.10. The van der Waals surface area contributed by atoms with Crippen molar-refractivity contribution in [3.63, 3.8) is 0 Å². The monoisotopic (exact) mass is 327 g/mol. The Balaban J connectivity index is 2.95. The predicted molar refractivity (Wildman–Crippen MR) is 76.4 cm³/mol. The summed E-state index contributed by atoms with van der Waals surface area (Å²) in [5.41, 5.74) is -1.52. The summed E-state index contributed by atoms with van der Waals surface area (Å²) in [4.78, 5) is 13.5. The average Bonchev–Trinajstić information content (AvgIpc) is 2.24. The molecule has 0 spiro atoms. The van der Waals surface area contributed by atoms with E-state index in [1.165, 1.54) is 4.90 Å². The molecule has 1 aliphatic heterocycles. The Hall–Kier alpha value is -0.530. The normalized spacial score (nSPS) is 19.4. The molecule has 0 radical (unpaired) electrons. The molecule has 1 amide bonds. The number of amides is 1. The average molecular weight is 328 g/mol. The van der Waals surface area contributed by atoms with E-state index >= 15 is 0 Å². The molecule has 1 heterocycles. The molecule has 1 aliphatic rings.